The van der Waals surface area contributed by atoms with Gasteiger partial charge in [-0.25, -0.2) is 4.98 Å². The van der Waals surface area contributed by atoms with Gasteiger partial charge in [-0.3, -0.25) is 4.98 Å². The first-order valence-electron chi connectivity index (χ1n) is 16.8. The topological polar surface area (TPSA) is 52.1 Å². The molecule has 50 heavy (non-hydrogen) atoms. The third-order valence-electron chi connectivity index (χ3n) is 10.1. The van der Waals surface area contributed by atoms with Crippen LogP contribution in [0.3, 0.4) is 0 Å². The minimum Gasteiger partial charge on any atom is -0.456 e. The fourth-order valence-corrected chi connectivity index (χ4v) is 7.66. The molecule has 0 unspecified atom stereocenters. The molecule has 3 heterocycles. The fourth-order valence-electron chi connectivity index (χ4n) is 7.66. The predicted molar refractivity (Wildman–Crippen MR) is 205 cm³/mol. The van der Waals surface area contributed by atoms with Crippen molar-refractivity contribution in [1.29, 1.82) is 0 Å². The van der Waals surface area contributed by atoms with Gasteiger partial charge >= 0.3 is 0 Å². The van der Waals surface area contributed by atoms with Crippen LogP contribution in [0.2, 0.25) is 0 Å². The van der Waals surface area contributed by atoms with E-state index in [1.165, 1.54) is 16.3 Å². The Morgan fingerprint density at radius 3 is 1.48 bits per heavy atom. The lowest BCUT2D eigenvalue weighted by Crippen LogP contribution is -1.92. The van der Waals surface area contributed by atoms with E-state index in [-0.39, 0.29) is 0 Å². The van der Waals surface area contributed by atoms with E-state index < -0.39 is 0 Å². The van der Waals surface area contributed by atoms with Crippen LogP contribution in [0.5, 0.6) is 0 Å². The van der Waals surface area contributed by atoms with Gasteiger partial charge in [0.1, 0.15) is 22.3 Å². The van der Waals surface area contributed by atoms with E-state index in [2.05, 4.69) is 146 Å². The molecule has 0 saturated heterocycles. The van der Waals surface area contributed by atoms with E-state index in [1.807, 2.05) is 12.3 Å². The molecule has 0 bridgehead atoms. The Morgan fingerprint density at radius 2 is 0.820 bits per heavy atom. The number of fused-ring (bicyclic) bond motifs is 12. The Kier molecular flexibility index (Phi) is 5.63. The number of hydrogen-bond acceptors (Lipinski definition) is 4. The van der Waals surface area contributed by atoms with Crippen molar-refractivity contribution in [3.05, 3.63) is 158 Å². The first-order chi connectivity index (χ1) is 24.7. The molecule has 11 aromatic rings. The smallest absolute Gasteiger partial charge is 0.136 e. The maximum absolute atomic E-state index is 6.42. The van der Waals surface area contributed by atoms with E-state index >= 15 is 0 Å². The number of benzene rings is 8. The average molecular weight is 639 g/mol. The Balaban J connectivity index is 1.02. The molecule has 4 heteroatoms. The van der Waals surface area contributed by atoms with E-state index in [0.29, 0.717) is 0 Å². The molecule has 0 atom stereocenters. The average Bonchev–Trinajstić information content (AvgIpc) is 3.73. The highest BCUT2D eigenvalue weighted by molar-refractivity contribution is 6.23. The zero-order chi connectivity index (χ0) is 32.8. The second-order valence-electron chi connectivity index (χ2n) is 13.0. The Labute approximate surface area is 285 Å². The first-order valence-corrected chi connectivity index (χ1v) is 16.8. The van der Waals surface area contributed by atoms with Crippen LogP contribution >= 0.6 is 0 Å². The van der Waals surface area contributed by atoms with Gasteiger partial charge in [-0.1, -0.05) is 109 Å². The van der Waals surface area contributed by atoms with Crippen LogP contribution in [-0.2, 0) is 0 Å². The standard InChI is InChI=1S/C46H26N2O2/c1-2-9-27(10-3-1)29-17-19-41-36(22-29)38-24-44-39(25-43(38)49-41)37-23-30(18-20-42(37)50-44)28-11-8-12-31(21-28)40-26-47-45-34-15-6-4-13-32(34)33-14-5-7-16-35(33)46(45)48-40/h1-26H. The summed E-state index contributed by atoms with van der Waals surface area (Å²) >= 11 is 0. The summed E-state index contributed by atoms with van der Waals surface area (Å²) in [5.41, 5.74) is 11.7. The van der Waals surface area contributed by atoms with Crippen molar-refractivity contribution in [2.75, 3.05) is 0 Å². The summed E-state index contributed by atoms with van der Waals surface area (Å²) in [5, 5.41) is 8.83. The predicted octanol–water partition coefficient (Wildman–Crippen LogP) is 12.7. The molecule has 11 rings (SSSR count). The van der Waals surface area contributed by atoms with Gasteiger partial charge in [0.05, 0.1) is 22.9 Å². The van der Waals surface area contributed by atoms with E-state index in [9.17, 15) is 0 Å². The lowest BCUT2D eigenvalue weighted by molar-refractivity contribution is 0.664. The highest BCUT2D eigenvalue weighted by atomic mass is 16.3. The van der Waals surface area contributed by atoms with E-state index in [0.717, 1.165) is 93.6 Å². The van der Waals surface area contributed by atoms with Crippen molar-refractivity contribution >= 4 is 76.5 Å². The van der Waals surface area contributed by atoms with Gasteiger partial charge in [0.25, 0.3) is 0 Å². The van der Waals surface area contributed by atoms with Crippen molar-refractivity contribution in [2.45, 2.75) is 0 Å². The minimum absolute atomic E-state index is 0.845. The Bertz CT molecular complexity index is 3120. The number of rotatable bonds is 3. The molecule has 3 aromatic heterocycles. The Morgan fingerprint density at radius 1 is 0.320 bits per heavy atom. The molecule has 232 valence electrons. The van der Waals surface area contributed by atoms with Crippen molar-refractivity contribution in [3.63, 3.8) is 0 Å². The molecule has 0 radical (unpaired) electrons. The normalized spacial score (nSPS) is 12.0. The van der Waals surface area contributed by atoms with Crippen molar-refractivity contribution in [1.82, 2.24) is 9.97 Å². The van der Waals surface area contributed by atoms with Crippen molar-refractivity contribution in [2.24, 2.45) is 0 Å². The summed E-state index contributed by atoms with van der Waals surface area (Å²) in [7, 11) is 0. The van der Waals surface area contributed by atoms with Gasteiger partial charge in [0.2, 0.25) is 0 Å². The van der Waals surface area contributed by atoms with Gasteiger partial charge < -0.3 is 8.83 Å². The Hall–Kier alpha value is -6.78. The van der Waals surface area contributed by atoms with Crippen LogP contribution < -0.4 is 0 Å². The van der Waals surface area contributed by atoms with E-state index in [4.69, 9.17) is 18.8 Å². The van der Waals surface area contributed by atoms with E-state index in [1.54, 1.807) is 0 Å². The quantitative estimate of drug-likeness (QED) is 0.181. The van der Waals surface area contributed by atoms with Crippen LogP contribution in [-0.4, -0.2) is 9.97 Å². The second kappa shape index (κ2) is 10.4. The van der Waals surface area contributed by atoms with Crippen molar-refractivity contribution < 1.29 is 8.83 Å². The molecule has 0 amide bonds. The molecule has 4 nitrogen and oxygen atoms in total. The van der Waals surface area contributed by atoms with Crippen LogP contribution in [0.1, 0.15) is 0 Å². The summed E-state index contributed by atoms with van der Waals surface area (Å²) in [4.78, 5) is 10.2. The monoisotopic (exact) mass is 638 g/mol. The molecular formula is C46H26N2O2. The molecule has 0 N–H and O–H groups in total. The fraction of sp³-hybridized carbons (Fsp3) is 0. The van der Waals surface area contributed by atoms with Crippen LogP contribution in [0.25, 0.3) is 110 Å². The summed E-state index contributed by atoms with van der Waals surface area (Å²) in [5.74, 6) is 0. The number of aromatic nitrogens is 2. The zero-order valence-electron chi connectivity index (χ0n) is 26.7. The maximum atomic E-state index is 6.42. The SMILES string of the molecule is c1ccc(-c2ccc3oc4cc5c(cc4c3c2)oc2ccc(-c3cccc(-c4cnc6c7ccccc7c7ccccc7c6n4)c3)cc25)cc1. The number of hydrogen-bond donors (Lipinski definition) is 0. The molecular weight excluding hydrogens is 613 g/mol. The number of furan rings is 2. The van der Waals surface area contributed by atoms with Gasteiger partial charge in [-0.05, 0) is 75.5 Å². The molecule has 0 fully saturated rings. The largest absolute Gasteiger partial charge is 0.456 e. The second-order valence-corrected chi connectivity index (χ2v) is 13.0. The van der Waals surface area contributed by atoms with Gasteiger partial charge in [0, 0.05) is 37.9 Å². The summed E-state index contributed by atoms with van der Waals surface area (Å²) in [6.07, 6.45) is 1.90. The molecule has 0 aliphatic carbocycles. The lowest BCUT2D eigenvalue weighted by atomic mass is 9.98. The lowest BCUT2D eigenvalue weighted by Gasteiger charge is -2.11. The summed E-state index contributed by atoms with van der Waals surface area (Å²) < 4.78 is 12.8. The summed E-state index contributed by atoms with van der Waals surface area (Å²) in [6, 6.07) is 52.9. The van der Waals surface area contributed by atoms with Crippen LogP contribution in [0, 0.1) is 0 Å². The van der Waals surface area contributed by atoms with Gasteiger partial charge in [-0.15, -0.1) is 0 Å². The summed E-state index contributed by atoms with van der Waals surface area (Å²) in [6.45, 7) is 0. The van der Waals surface area contributed by atoms with Crippen molar-refractivity contribution in [3.8, 4) is 33.5 Å². The molecule has 0 aliphatic rings. The van der Waals surface area contributed by atoms with Crippen LogP contribution in [0.15, 0.2) is 167 Å². The molecule has 0 saturated carbocycles. The highest BCUT2D eigenvalue weighted by Crippen LogP contribution is 2.40. The molecule has 8 aromatic carbocycles. The third-order valence-corrected chi connectivity index (χ3v) is 10.1. The van der Waals surface area contributed by atoms with Gasteiger partial charge in [0.15, 0.2) is 0 Å². The maximum Gasteiger partial charge on any atom is 0.136 e. The zero-order valence-corrected chi connectivity index (χ0v) is 26.7. The van der Waals surface area contributed by atoms with Crippen LogP contribution in [0.4, 0.5) is 0 Å². The first kappa shape index (κ1) is 27.2. The highest BCUT2D eigenvalue weighted by Gasteiger charge is 2.16. The molecule has 0 spiro atoms. The third kappa shape index (κ3) is 4.06. The molecule has 0 aliphatic heterocycles. The number of nitrogens with zero attached hydrogens (tertiary/aromatic N) is 2. The minimum atomic E-state index is 0.845. The van der Waals surface area contributed by atoms with Gasteiger partial charge in [-0.2, -0.15) is 0 Å².